The molecular weight excluding hydrogens is 321 g/mol. The highest BCUT2D eigenvalue weighted by Crippen LogP contribution is 2.40. The molecule has 3 heterocycles. The molecule has 6 nitrogen and oxygen atoms in total. The van der Waals surface area contributed by atoms with Gasteiger partial charge in [-0.2, -0.15) is 10.2 Å². The second-order valence-corrected chi connectivity index (χ2v) is 6.17. The van der Waals surface area contributed by atoms with Crippen LogP contribution >= 0.6 is 0 Å². The standard InChI is InChI=1S/C18H18FN5O/c1-2-4-14-17-13(10-16(25)21-18(17)23-22-14)12-9-11(19)5-6-15(12)24-8-3-7-20-24/h3,5-9,13H,2,4,10H2,1H3,(H2,21,22,23,25). The number of aromatic nitrogens is 4. The van der Waals surface area contributed by atoms with E-state index in [1.165, 1.54) is 12.1 Å². The molecule has 128 valence electrons. The number of carbonyl (C=O) groups is 1. The second-order valence-electron chi connectivity index (χ2n) is 6.17. The SMILES string of the molecule is CCCc1[nH]nc2c1C(c1cc(F)ccc1-n1cccn1)CC(=O)N2. The van der Waals surface area contributed by atoms with Gasteiger partial charge in [-0.3, -0.25) is 9.89 Å². The highest BCUT2D eigenvalue weighted by molar-refractivity contribution is 5.94. The summed E-state index contributed by atoms with van der Waals surface area (Å²) in [5.74, 6) is -0.180. The predicted molar refractivity (Wildman–Crippen MR) is 91.2 cm³/mol. The molecule has 0 radical (unpaired) electrons. The van der Waals surface area contributed by atoms with Crippen molar-refractivity contribution in [3.63, 3.8) is 0 Å². The maximum absolute atomic E-state index is 14.0. The van der Waals surface area contributed by atoms with E-state index >= 15 is 0 Å². The van der Waals surface area contributed by atoms with Gasteiger partial charge in [0.25, 0.3) is 0 Å². The van der Waals surface area contributed by atoms with Gasteiger partial charge in [-0.25, -0.2) is 9.07 Å². The molecule has 0 fully saturated rings. The van der Waals surface area contributed by atoms with Gasteiger partial charge in [0.1, 0.15) is 5.82 Å². The second kappa shape index (κ2) is 6.16. The Hall–Kier alpha value is -2.96. The summed E-state index contributed by atoms with van der Waals surface area (Å²) >= 11 is 0. The van der Waals surface area contributed by atoms with Gasteiger partial charge < -0.3 is 5.32 Å². The number of benzene rings is 1. The van der Waals surface area contributed by atoms with Crippen LogP contribution in [0, 0.1) is 5.82 Å². The Balaban J connectivity index is 1.90. The van der Waals surface area contributed by atoms with Crippen molar-refractivity contribution < 1.29 is 9.18 Å². The average molecular weight is 339 g/mol. The molecule has 1 aliphatic rings. The zero-order valence-electron chi connectivity index (χ0n) is 13.8. The van der Waals surface area contributed by atoms with Crippen LogP contribution in [0.2, 0.25) is 0 Å². The van der Waals surface area contributed by atoms with Gasteiger partial charge in [0, 0.05) is 36.0 Å². The van der Waals surface area contributed by atoms with E-state index in [1.807, 2.05) is 12.3 Å². The molecule has 4 rings (SSSR count). The van der Waals surface area contributed by atoms with Crippen LogP contribution in [-0.2, 0) is 11.2 Å². The van der Waals surface area contributed by atoms with E-state index < -0.39 is 0 Å². The lowest BCUT2D eigenvalue weighted by molar-refractivity contribution is -0.116. The van der Waals surface area contributed by atoms with E-state index in [-0.39, 0.29) is 24.1 Å². The minimum atomic E-state index is -0.334. The number of fused-ring (bicyclic) bond motifs is 1. The molecule has 1 aromatic carbocycles. The summed E-state index contributed by atoms with van der Waals surface area (Å²) < 4.78 is 15.7. The van der Waals surface area contributed by atoms with Crippen molar-refractivity contribution in [1.82, 2.24) is 20.0 Å². The van der Waals surface area contributed by atoms with Gasteiger partial charge >= 0.3 is 0 Å². The number of H-pyrrole nitrogens is 1. The van der Waals surface area contributed by atoms with Gasteiger partial charge in [0.15, 0.2) is 5.82 Å². The molecule has 3 aromatic rings. The maximum atomic E-state index is 14.0. The van der Waals surface area contributed by atoms with Crippen LogP contribution in [0.15, 0.2) is 36.7 Å². The van der Waals surface area contributed by atoms with E-state index in [0.29, 0.717) is 5.82 Å². The van der Waals surface area contributed by atoms with Crippen molar-refractivity contribution in [2.24, 2.45) is 0 Å². The number of halogens is 1. The number of nitrogens with zero attached hydrogens (tertiary/aromatic N) is 3. The summed E-state index contributed by atoms with van der Waals surface area (Å²) in [6, 6.07) is 6.41. The molecule has 0 aliphatic carbocycles. The van der Waals surface area contributed by atoms with Crippen LogP contribution < -0.4 is 5.32 Å². The van der Waals surface area contributed by atoms with E-state index in [4.69, 9.17) is 0 Å². The molecule has 1 amide bonds. The fourth-order valence-electron chi connectivity index (χ4n) is 3.46. The number of aryl methyl sites for hydroxylation is 1. The summed E-state index contributed by atoms with van der Waals surface area (Å²) in [4.78, 5) is 12.2. The molecule has 2 N–H and O–H groups in total. The van der Waals surface area contributed by atoms with Gasteiger partial charge in [0.05, 0.1) is 5.69 Å². The number of rotatable bonds is 4. The van der Waals surface area contributed by atoms with Crippen molar-refractivity contribution in [3.8, 4) is 5.69 Å². The van der Waals surface area contributed by atoms with Crippen molar-refractivity contribution in [2.45, 2.75) is 32.1 Å². The van der Waals surface area contributed by atoms with Crippen molar-refractivity contribution >= 4 is 11.7 Å². The average Bonchev–Trinajstić information content (AvgIpc) is 3.25. The lowest BCUT2D eigenvalue weighted by atomic mass is 9.84. The minimum absolute atomic E-state index is 0.122. The van der Waals surface area contributed by atoms with Gasteiger partial charge in [0.2, 0.25) is 5.91 Å². The highest BCUT2D eigenvalue weighted by Gasteiger charge is 2.33. The van der Waals surface area contributed by atoms with Gasteiger partial charge in [-0.15, -0.1) is 0 Å². The number of amides is 1. The van der Waals surface area contributed by atoms with Crippen LogP contribution in [0.25, 0.3) is 5.69 Å². The van der Waals surface area contributed by atoms with Crippen LogP contribution in [0.4, 0.5) is 10.2 Å². The molecule has 0 bridgehead atoms. The maximum Gasteiger partial charge on any atom is 0.226 e. The summed E-state index contributed by atoms with van der Waals surface area (Å²) in [5, 5.41) is 14.3. The third kappa shape index (κ3) is 2.71. The molecule has 25 heavy (non-hydrogen) atoms. The van der Waals surface area contributed by atoms with Gasteiger partial charge in [-0.05, 0) is 36.2 Å². The quantitative estimate of drug-likeness (QED) is 0.767. The monoisotopic (exact) mass is 339 g/mol. The summed E-state index contributed by atoms with van der Waals surface area (Å²) in [5.41, 5.74) is 3.43. The Labute approximate surface area is 144 Å². The zero-order chi connectivity index (χ0) is 17.4. The van der Waals surface area contributed by atoms with Gasteiger partial charge in [-0.1, -0.05) is 13.3 Å². The van der Waals surface area contributed by atoms with Crippen molar-refractivity contribution in [3.05, 3.63) is 59.3 Å². The van der Waals surface area contributed by atoms with Crippen molar-refractivity contribution in [1.29, 1.82) is 0 Å². The van der Waals surface area contributed by atoms with Crippen LogP contribution in [0.3, 0.4) is 0 Å². The molecule has 1 aliphatic heterocycles. The first-order chi connectivity index (χ1) is 12.2. The van der Waals surface area contributed by atoms with Crippen LogP contribution in [0.5, 0.6) is 0 Å². The zero-order valence-corrected chi connectivity index (χ0v) is 13.8. The van der Waals surface area contributed by atoms with E-state index in [9.17, 15) is 9.18 Å². The Morgan fingerprint density at radius 2 is 2.28 bits per heavy atom. The number of hydrogen-bond acceptors (Lipinski definition) is 3. The number of anilines is 1. The normalized spacial score (nSPS) is 16.6. The Kier molecular flexibility index (Phi) is 3.83. The third-order valence-corrected chi connectivity index (χ3v) is 4.49. The largest absolute Gasteiger partial charge is 0.309 e. The van der Waals surface area contributed by atoms with Crippen molar-refractivity contribution in [2.75, 3.05) is 5.32 Å². The molecule has 0 saturated heterocycles. The molecule has 2 aromatic heterocycles. The highest BCUT2D eigenvalue weighted by atomic mass is 19.1. The van der Waals surface area contributed by atoms with E-state index in [2.05, 4.69) is 27.5 Å². The number of nitrogens with one attached hydrogen (secondary N) is 2. The molecule has 1 unspecified atom stereocenters. The molecule has 0 saturated carbocycles. The summed E-state index contributed by atoms with van der Waals surface area (Å²) in [6.45, 7) is 2.08. The number of aromatic amines is 1. The first kappa shape index (κ1) is 15.6. The Morgan fingerprint density at radius 1 is 1.40 bits per heavy atom. The molecular formula is C18H18FN5O. The Bertz CT molecular complexity index is 916. The fourth-order valence-corrected chi connectivity index (χ4v) is 3.46. The third-order valence-electron chi connectivity index (χ3n) is 4.49. The predicted octanol–water partition coefficient (Wildman–Crippen LogP) is 3.16. The topological polar surface area (TPSA) is 75.6 Å². The van der Waals surface area contributed by atoms with E-state index in [1.54, 1.807) is 16.9 Å². The molecule has 7 heteroatoms. The summed E-state index contributed by atoms with van der Waals surface area (Å²) in [7, 11) is 0. The van der Waals surface area contributed by atoms with Crippen LogP contribution in [-0.4, -0.2) is 25.9 Å². The summed E-state index contributed by atoms with van der Waals surface area (Å²) in [6.07, 6.45) is 5.50. The first-order valence-electron chi connectivity index (χ1n) is 8.33. The molecule has 1 atom stereocenters. The fraction of sp³-hybridized carbons (Fsp3) is 0.278. The smallest absolute Gasteiger partial charge is 0.226 e. The first-order valence-corrected chi connectivity index (χ1v) is 8.33. The minimum Gasteiger partial charge on any atom is -0.309 e. The molecule has 0 spiro atoms. The van der Waals surface area contributed by atoms with Crippen LogP contribution in [0.1, 0.15) is 42.5 Å². The number of carbonyl (C=O) groups excluding carboxylic acids is 1. The van der Waals surface area contributed by atoms with E-state index in [0.717, 1.165) is 35.3 Å². The lowest BCUT2D eigenvalue weighted by Crippen LogP contribution is -2.24. The lowest BCUT2D eigenvalue weighted by Gasteiger charge is -2.25. The Morgan fingerprint density at radius 3 is 3.04 bits per heavy atom. The number of hydrogen-bond donors (Lipinski definition) is 2.